The second-order valence-corrected chi connectivity index (χ2v) is 8.02. The number of hydrogen-bond donors (Lipinski definition) is 3. The molecule has 1 amide bonds. The number of carbonyl (C=O) groups is 1. The maximum atomic E-state index is 12.4. The Morgan fingerprint density at radius 2 is 1.97 bits per heavy atom. The summed E-state index contributed by atoms with van der Waals surface area (Å²) in [6, 6.07) is 13.2. The van der Waals surface area contributed by atoms with Gasteiger partial charge in [0.15, 0.2) is 0 Å². The van der Waals surface area contributed by atoms with Gasteiger partial charge in [-0.05, 0) is 56.0 Å². The molecule has 2 aromatic carbocycles. The molecule has 8 heteroatoms. The first-order valence-electron chi connectivity index (χ1n) is 10.1. The normalized spacial score (nSPS) is 18.9. The predicted octanol–water partition coefficient (Wildman–Crippen LogP) is 3.70. The van der Waals surface area contributed by atoms with Gasteiger partial charge in [0, 0.05) is 17.1 Å². The van der Waals surface area contributed by atoms with Gasteiger partial charge < -0.3 is 20.4 Å². The summed E-state index contributed by atoms with van der Waals surface area (Å²) in [5, 5.41) is 6.74. The number of H-pyrrole nitrogens is 1. The quantitative estimate of drug-likeness (QED) is 0.558. The average molecular weight is 429 g/mol. The first-order valence-corrected chi connectivity index (χ1v) is 10.5. The number of ether oxygens (including phenoxy) is 1. The van der Waals surface area contributed by atoms with E-state index in [1.807, 2.05) is 28.8 Å². The van der Waals surface area contributed by atoms with Gasteiger partial charge in [-0.2, -0.15) is 0 Å². The minimum absolute atomic E-state index is 0.0663. The number of halogens is 1. The zero-order chi connectivity index (χ0) is 21.1. The Morgan fingerprint density at radius 3 is 2.73 bits per heavy atom. The van der Waals surface area contributed by atoms with Gasteiger partial charge in [-0.3, -0.25) is 9.36 Å². The van der Waals surface area contributed by atoms with Crippen LogP contribution in [0.4, 0.5) is 5.69 Å². The number of benzene rings is 2. The Balaban J connectivity index is 1.32. The van der Waals surface area contributed by atoms with Crippen LogP contribution in [-0.2, 0) is 4.79 Å². The molecule has 1 fully saturated rings. The fraction of sp³-hybridized carbons (Fsp3) is 0.364. The number of amides is 1. The highest BCUT2D eigenvalue weighted by Crippen LogP contribution is 2.30. The summed E-state index contributed by atoms with van der Waals surface area (Å²) in [7, 11) is 1.58. The molecule has 0 radical (unpaired) electrons. The van der Waals surface area contributed by atoms with Gasteiger partial charge in [0.2, 0.25) is 5.91 Å². The summed E-state index contributed by atoms with van der Waals surface area (Å²) in [5.41, 5.74) is 2.42. The lowest BCUT2D eigenvalue weighted by atomic mass is 9.91. The highest BCUT2D eigenvalue weighted by atomic mass is 35.5. The van der Waals surface area contributed by atoms with E-state index >= 15 is 0 Å². The number of nitrogens with one attached hydrogen (secondary N) is 3. The Kier molecular flexibility index (Phi) is 5.99. The van der Waals surface area contributed by atoms with Crippen molar-refractivity contribution >= 4 is 34.2 Å². The number of hydrogen-bond acceptors (Lipinski definition) is 4. The molecule has 1 heterocycles. The van der Waals surface area contributed by atoms with E-state index in [0.717, 1.165) is 36.7 Å². The summed E-state index contributed by atoms with van der Waals surface area (Å²) in [6.45, 7) is 0.137. The van der Waals surface area contributed by atoms with E-state index in [1.54, 1.807) is 25.3 Å². The molecule has 3 aromatic rings. The van der Waals surface area contributed by atoms with Crippen molar-refractivity contribution in [2.75, 3.05) is 19.0 Å². The first kappa shape index (κ1) is 20.3. The Labute approximate surface area is 179 Å². The summed E-state index contributed by atoms with van der Waals surface area (Å²) < 4.78 is 7.15. The lowest BCUT2D eigenvalue weighted by molar-refractivity contribution is -0.120. The van der Waals surface area contributed by atoms with Gasteiger partial charge >= 0.3 is 5.69 Å². The molecule has 4 rings (SSSR count). The van der Waals surface area contributed by atoms with Crippen LogP contribution < -0.4 is 21.1 Å². The Morgan fingerprint density at radius 1 is 1.20 bits per heavy atom. The van der Waals surface area contributed by atoms with E-state index < -0.39 is 0 Å². The minimum atomic E-state index is -0.0789. The highest BCUT2D eigenvalue weighted by molar-refractivity contribution is 6.30. The van der Waals surface area contributed by atoms with Crippen molar-refractivity contribution in [3.63, 3.8) is 0 Å². The van der Waals surface area contributed by atoms with Crippen LogP contribution in [0.3, 0.4) is 0 Å². The molecule has 1 aromatic heterocycles. The van der Waals surface area contributed by atoms with Crippen molar-refractivity contribution in [3.8, 4) is 5.75 Å². The number of para-hydroxylation sites is 2. The molecule has 0 aliphatic heterocycles. The molecule has 3 N–H and O–H groups in total. The number of nitrogens with zero attached hydrogens (tertiary/aromatic N) is 1. The van der Waals surface area contributed by atoms with E-state index in [0.29, 0.717) is 16.5 Å². The Hall–Kier alpha value is -2.93. The molecule has 1 aliphatic carbocycles. The molecule has 7 nitrogen and oxygen atoms in total. The minimum Gasteiger partial charge on any atom is -0.495 e. The van der Waals surface area contributed by atoms with Crippen molar-refractivity contribution in [3.05, 3.63) is 58.0 Å². The molecular formula is C22H25ClN4O3. The summed E-state index contributed by atoms with van der Waals surface area (Å²) in [4.78, 5) is 27.7. The van der Waals surface area contributed by atoms with Gasteiger partial charge in [-0.1, -0.05) is 23.7 Å². The maximum absolute atomic E-state index is 12.4. The standard InChI is InChI=1S/C22H25ClN4O3/c1-30-20-11-6-14(23)12-18(20)24-13-21(28)25-15-7-9-16(10-8-15)27-19-5-3-2-4-17(19)26-22(27)29/h2-6,11-12,15-16,24H,7-10,13H2,1H3,(H,25,28)(H,26,29). The number of methoxy groups -OCH3 is 1. The number of aromatic amines is 1. The van der Waals surface area contributed by atoms with Crippen LogP contribution in [0.15, 0.2) is 47.3 Å². The third kappa shape index (κ3) is 4.31. The average Bonchev–Trinajstić information content (AvgIpc) is 3.08. The second kappa shape index (κ2) is 8.83. The van der Waals surface area contributed by atoms with Gasteiger partial charge in [0.05, 0.1) is 30.4 Å². The van der Waals surface area contributed by atoms with Gasteiger partial charge in [-0.15, -0.1) is 0 Å². The van der Waals surface area contributed by atoms with Crippen molar-refractivity contribution in [2.24, 2.45) is 0 Å². The summed E-state index contributed by atoms with van der Waals surface area (Å²) in [6.07, 6.45) is 3.37. The number of fused-ring (bicyclic) bond motifs is 1. The molecular weight excluding hydrogens is 404 g/mol. The fourth-order valence-corrected chi connectivity index (χ4v) is 4.36. The molecule has 0 bridgehead atoms. The smallest absolute Gasteiger partial charge is 0.326 e. The Bertz CT molecular complexity index is 1100. The largest absolute Gasteiger partial charge is 0.495 e. The molecule has 30 heavy (non-hydrogen) atoms. The monoisotopic (exact) mass is 428 g/mol. The fourth-order valence-electron chi connectivity index (χ4n) is 4.19. The van der Waals surface area contributed by atoms with E-state index in [4.69, 9.17) is 16.3 Å². The van der Waals surface area contributed by atoms with Crippen LogP contribution in [0.2, 0.25) is 5.02 Å². The van der Waals surface area contributed by atoms with E-state index in [9.17, 15) is 9.59 Å². The number of anilines is 1. The first-order chi connectivity index (χ1) is 14.5. The summed E-state index contributed by atoms with van der Waals surface area (Å²) >= 11 is 6.03. The van der Waals surface area contributed by atoms with Crippen molar-refractivity contribution in [1.82, 2.24) is 14.9 Å². The third-order valence-corrected chi connectivity index (χ3v) is 5.89. The van der Waals surface area contributed by atoms with Crippen LogP contribution in [0.5, 0.6) is 5.75 Å². The molecule has 1 saturated carbocycles. The van der Waals surface area contributed by atoms with Crippen LogP contribution in [-0.4, -0.2) is 35.2 Å². The zero-order valence-electron chi connectivity index (χ0n) is 16.8. The number of rotatable bonds is 6. The lowest BCUT2D eigenvalue weighted by Crippen LogP contribution is -2.41. The molecule has 0 atom stereocenters. The SMILES string of the molecule is COc1ccc(Cl)cc1NCC(=O)NC1CCC(n2c(=O)[nH]c3ccccc32)CC1. The molecule has 0 saturated heterocycles. The maximum Gasteiger partial charge on any atom is 0.326 e. The van der Waals surface area contributed by atoms with Crippen LogP contribution in [0.1, 0.15) is 31.7 Å². The number of carbonyl (C=O) groups excluding carboxylic acids is 1. The van der Waals surface area contributed by atoms with Crippen molar-refractivity contribution < 1.29 is 9.53 Å². The van der Waals surface area contributed by atoms with Crippen molar-refractivity contribution in [2.45, 2.75) is 37.8 Å². The molecule has 0 unspecified atom stereocenters. The van der Waals surface area contributed by atoms with E-state index in [-0.39, 0.29) is 30.2 Å². The van der Waals surface area contributed by atoms with Crippen LogP contribution in [0.25, 0.3) is 11.0 Å². The highest BCUT2D eigenvalue weighted by Gasteiger charge is 2.25. The second-order valence-electron chi connectivity index (χ2n) is 7.59. The third-order valence-electron chi connectivity index (χ3n) is 5.65. The zero-order valence-corrected chi connectivity index (χ0v) is 17.5. The topological polar surface area (TPSA) is 88.2 Å². The molecule has 158 valence electrons. The number of aromatic nitrogens is 2. The van der Waals surface area contributed by atoms with Gasteiger partial charge in [-0.25, -0.2) is 4.79 Å². The molecule has 1 aliphatic rings. The van der Waals surface area contributed by atoms with E-state index in [1.165, 1.54) is 0 Å². The van der Waals surface area contributed by atoms with Crippen LogP contribution in [0, 0.1) is 0 Å². The van der Waals surface area contributed by atoms with Gasteiger partial charge in [0.25, 0.3) is 0 Å². The van der Waals surface area contributed by atoms with Crippen molar-refractivity contribution in [1.29, 1.82) is 0 Å². The van der Waals surface area contributed by atoms with Gasteiger partial charge in [0.1, 0.15) is 5.75 Å². The molecule has 0 spiro atoms. The number of imidazole rings is 1. The van der Waals surface area contributed by atoms with Crippen LogP contribution >= 0.6 is 11.6 Å². The lowest BCUT2D eigenvalue weighted by Gasteiger charge is -2.30. The summed E-state index contributed by atoms with van der Waals surface area (Å²) in [5.74, 6) is 0.557. The predicted molar refractivity (Wildman–Crippen MR) is 118 cm³/mol. The van der Waals surface area contributed by atoms with E-state index in [2.05, 4.69) is 15.6 Å².